The molecule has 0 aliphatic carbocycles. The maximum absolute atomic E-state index is 5.44. The van der Waals surface area contributed by atoms with Crippen molar-refractivity contribution in [3.63, 3.8) is 0 Å². The Kier molecular flexibility index (Phi) is 3.63. The van der Waals surface area contributed by atoms with Crippen LogP contribution in [-0.2, 0) is 7.05 Å². The van der Waals surface area contributed by atoms with Crippen molar-refractivity contribution in [3.8, 4) is 23.0 Å². The van der Waals surface area contributed by atoms with Gasteiger partial charge in [-0.3, -0.25) is 4.68 Å². The van der Waals surface area contributed by atoms with Gasteiger partial charge < -0.3 is 4.52 Å². The largest absolute Gasteiger partial charge is 0.334 e. The van der Waals surface area contributed by atoms with Gasteiger partial charge in [-0.25, -0.2) is 0 Å². The van der Waals surface area contributed by atoms with Gasteiger partial charge in [0.05, 0.1) is 0 Å². The summed E-state index contributed by atoms with van der Waals surface area (Å²) in [5.74, 6) is 1.46. The average molecular weight is 347 g/mol. The first-order valence-corrected chi connectivity index (χ1v) is 7.48. The smallest absolute Gasteiger partial charge is 0.258 e. The molecule has 3 rings (SSSR count). The Labute approximate surface area is 131 Å². The van der Waals surface area contributed by atoms with Gasteiger partial charge in [0, 0.05) is 18.7 Å². The fraction of sp³-hybridized carbons (Fsp3) is 0.267. The summed E-state index contributed by atoms with van der Waals surface area (Å²) in [5.41, 5.74) is 2.98. The lowest BCUT2D eigenvalue weighted by atomic mass is 9.97. The van der Waals surface area contributed by atoms with Crippen LogP contribution in [-0.4, -0.2) is 19.9 Å². The third-order valence-corrected chi connectivity index (χ3v) is 3.71. The second kappa shape index (κ2) is 5.44. The monoisotopic (exact) mass is 346 g/mol. The molecular formula is C15H15BrN4O. The van der Waals surface area contributed by atoms with Crippen molar-refractivity contribution >= 4 is 15.9 Å². The third-order valence-electron chi connectivity index (χ3n) is 3.32. The molecule has 0 bridgehead atoms. The Morgan fingerprint density at radius 2 is 2.00 bits per heavy atom. The first kappa shape index (κ1) is 14.0. The molecule has 21 heavy (non-hydrogen) atoms. The highest BCUT2D eigenvalue weighted by Crippen LogP contribution is 2.29. The molecule has 2 heterocycles. The lowest BCUT2D eigenvalue weighted by molar-refractivity contribution is 0.431. The van der Waals surface area contributed by atoms with Crippen molar-refractivity contribution in [1.82, 2.24) is 19.9 Å². The van der Waals surface area contributed by atoms with Crippen molar-refractivity contribution in [2.45, 2.75) is 19.8 Å². The molecule has 1 aromatic carbocycles. The van der Waals surface area contributed by atoms with Gasteiger partial charge >= 0.3 is 0 Å². The molecule has 108 valence electrons. The topological polar surface area (TPSA) is 56.7 Å². The summed E-state index contributed by atoms with van der Waals surface area (Å²) in [6.07, 6.45) is 0. The molecule has 0 spiro atoms. The number of hydrogen-bond acceptors (Lipinski definition) is 4. The third kappa shape index (κ3) is 2.63. The molecule has 6 heteroatoms. The number of benzene rings is 1. The summed E-state index contributed by atoms with van der Waals surface area (Å²) in [7, 11) is 1.85. The Morgan fingerprint density at radius 1 is 1.24 bits per heavy atom. The molecule has 3 aromatic rings. The highest BCUT2D eigenvalue weighted by atomic mass is 79.9. The molecule has 0 saturated carbocycles. The summed E-state index contributed by atoms with van der Waals surface area (Å²) < 4.78 is 7.90. The minimum Gasteiger partial charge on any atom is -0.334 e. The standard InChI is InChI=1S/C15H15BrN4O/c1-9(2)10-6-4-5-7-11(10)15-17-14(19-21-15)12-8-13(16)18-20(12)3/h4-9H,1-3H3. The highest BCUT2D eigenvalue weighted by molar-refractivity contribution is 9.10. The summed E-state index contributed by atoms with van der Waals surface area (Å²) in [4.78, 5) is 4.51. The maximum Gasteiger partial charge on any atom is 0.258 e. The van der Waals surface area contributed by atoms with E-state index in [4.69, 9.17) is 4.52 Å². The van der Waals surface area contributed by atoms with E-state index in [-0.39, 0.29) is 0 Å². The van der Waals surface area contributed by atoms with Gasteiger partial charge in [-0.15, -0.1) is 0 Å². The van der Waals surface area contributed by atoms with Crippen molar-refractivity contribution in [3.05, 3.63) is 40.5 Å². The number of aryl methyl sites for hydroxylation is 1. The molecule has 0 atom stereocenters. The summed E-state index contributed by atoms with van der Waals surface area (Å²) in [5, 5.41) is 8.30. The minimum absolute atomic E-state index is 0.391. The molecule has 5 nitrogen and oxygen atoms in total. The van der Waals surface area contributed by atoms with Crippen LogP contribution in [0.15, 0.2) is 39.5 Å². The lowest BCUT2D eigenvalue weighted by Gasteiger charge is -2.08. The molecular weight excluding hydrogens is 332 g/mol. The normalized spacial score (nSPS) is 11.3. The number of aromatic nitrogens is 4. The molecule has 0 radical (unpaired) electrons. The van der Waals surface area contributed by atoms with Gasteiger partial charge in [-0.1, -0.05) is 37.2 Å². The van der Waals surface area contributed by atoms with Crippen molar-refractivity contribution < 1.29 is 4.52 Å². The van der Waals surface area contributed by atoms with Gasteiger partial charge in [0.15, 0.2) is 0 Å². The van der Waals surface area contributed by atoms with Crippen LogP contribution in [0.25, 0.3) is 23.0 Å². The van der Waals surface area contributed by atoms with Crippen molar-refractivity contribution in [2.24, 2.45) is 7.05 Å². The Bertz CT molecular complexity index is 776. The quantitative estimate of drug-likeness (QED) is 0.718. The zero-order valence-electron chi connectivity index (χ0n) is 12.0. The second-order valence-electron chi connectivity index (χ2n) is 5.14. The van der Waals surface area contributed by atoms with Gasteiger partial charge in [0.2, 0.25) is 5.82 Å². The second-order valence-corrected chi connectivity index (χ2v) is 5.95. The van der Waals surface area contributed by atoms with E-state index in [9.17, 15) is 0 Å². The molecule has 0 fully saturated rings. The average Bonchev–Trinajstić information content (AvgIpc) is 3.05. The predicted octanol–water partition coefficient (Wildman–Crippen LogP) is 4.02. The van der Waals surface area contributed by atoms with E-state index >= 15 is 0 Å². The molecule has 0 aliphatic heterocycles. The van der Waals surface area contributed by atoms with Crippen molar-refractivity contribution in [2.75, 3.05) is 0 Å². The minimum atomic E-state index is 0.391. The van der Waals surface area contributed by atoms with Crippen LogP contribution < -0.4 is 0 Å². The Hall–Kier alpha value is -1.95. The lowest BCUT2D eigenvalue weighted by Crippen LogP contribution is -1.95. The van der Waals surface area contributed by atoms with Crippen LogP contribution >= 0.6 is 15.9 Å². The molecule has 0 saturated heterocycles. The number of halogens is 1. The first-order valence-electron chi connectivity index (χ1n) is 6.69. The zero-order valence-corrected chi connectivity index (χ0v) is 13.6. The summed E-state index contributed by atoms with van der Waals surface area (Å²) in [6.45, 7) is 4.29. The number of hydrogen-bond donors (Lipinski definition) is 0. The molecule has 0 aliphatic rings. The van der Waals surface area contributed by atoms with E-state index in [0.717, 1.165) is 15.9 Å². The van der Waals surface area contributed by atoms with E-state index in [0.29, 0.717) is 17.6 Å². The van der Waals surface area contributed by atoms with E-state index in [1.54, 1.807) is 4.68 Å². The highest BCUT2D eigenvalue weighted by Gasteiger charge is 2.17. The number of nitrogens with zero attached hydrogens (tertiary/aromatic N) is 4. The van der Waals surface area contributed by atoms with Crippen LogP contribution in [0.3, 0.4) is 0 Å². The van der Waals surface area contributed by atoms with Crippen LogP contribution in [0.2, 0.25) is 0 Å². The Morgan fingerprint density at radius 3 is 2.67 bits per heavy atom. The van der Waals surface area contributed by atoms with Crippen LogP contribution in [0, 0.1) is 0 Å². The van der Waals surface area contributed by atoms with E-state index in [2.05, 4.69) is 51.1 Å². The van der Waals surface area contributed by atoms with Gasteiger partial charge in [0.25, 0.3) is 5.89 Å². The van der Waals surface area contributed by atoms with Crippen LogP contribution in [0.4, 0.5) is 0 Å². The summed E-state index contributed by atoms with van der Waals surface area (Å²) in [6, 6.07) is 9.96. The van der Waals surface area contributed by atoms with E-state index in [1.165, 1.54) is 5.56 Å². The fourth-order valence-corrected chi connectivity index (χ4v) is 2.73. The summed E-state index contributed by atoms with van der Waals surface area (Å²) >= 11 is 3.34. The molecule has 2 aromatic heterocycles. The van der Waals surface area contributed by atoms with Crippen LogP contribution in [0.5, 0.6) is 0 Å². The van der Waals surface area contributed by atoms with Gasteiger partial charge in [-0.05, 0) is 33.5 Å². The maximum atomic E-state index is 5.44. The Balaban J connectivity index is 2.05. The molecule has 0 amide bonds. The zero-order chi connectivity index (χ0) is 15.0. The van der Waals surface area contributed by atoms with E-state index < -0.39 is 0 Å². The first-order chi connectivity index (χ1) is 10.1. The van der Waals surface area contributed by atoms with Crippen LogP contribution in [0.1, 0.15) is 25.3 Å². The number of rotatable bonds is 3. The predicted molar refractivity (Wildman–Crippen MR) is 83.7 cm³/mol. The van der Waals surface area contributed by atoms with Gasteiger partial charge in [0.1, 0.15) is 10.3 Å². The fourth-order valence-electron chi connectivity index (χ4n) is 2.27. The molecule has 0 unspecified atom stereocenters. The van der Waals surface area contributed by atoms with E-state index in [1.807, 2.05) is 31.3 Å². The SMILES string of the molecule is CC(C)c1ccccc1-c1nc(-c2cc(Br)nn2C)no1. The van der Waals surface area contributed by atoms with Crippen molar-refractivity contribution in [1.29, 1.82) is 0 Å². The molecule has 0 N–H and O–H groups in total. The van der Waals surface area contributed by atoms with Gasteiger partial charge in [-0.2, -0.15) is 10.1 Å².